The molecule has 2 nitrogen and oxygen atoms in total. The smallest absolute Gasteiger partial charge is 0.184 e. The fourth-order valence-corrected chi connectivity index (χ4v) is 0.604. The van der Waals surface area contributed by atoms with Crippen LogP contribution in [-0.2, 0) is 4.43 Å². The minimum absolute atomic E-state index is 0.304. The Labute approximate surface area is 66.6 Å². The van der Waals surface area contributed by atoms with Crippen LogP contribution in [0, 0.1) is 0 Å². The molecule has 0 spiro atoms. The third-order valence-corrected chi connectivity index (χ3v) is 1.35. The van der Waals surface area contributed by atoms with E-state index in [1.807, 2.05) is 5.70 Å². The van der Waals surface area contributed by atoms with Crippen LogP contribution in [0.25, 0.3) is 0 Å². The average molecular weight is 161 g/mol. The van der Waals surface area contributed by atoms with E-state index in [4.69, 9.17) is 4.43 Å². The van der Waals surface area contributed by atoms with E-state index in [0.29, 0.717) is 0 Å². The van der Waals surface area contributed by atoms with Crippen molar-refractivity contribution < 1.29 is 4.43 Å². The lowest BCUT2D eigenvalue weighted by atomic mass is 10.7. The van der Waals surface area contributed by atoms with Gasteiger partial charge in [-0.1, -0.05) is 19.5 Å². The lowest BCUT2D eigenvalue weighted by Gasteiger charge is -1.86. The van der Waals surface area contributed by atoms with Crippen LogP contribution in [0.15, 0.2) is 12.3 Å². The molecule has 0 unspecified atom stereocenters. The molecule has 0 amide bonds. The monoisotopic (exact) mass is 161 g/mol. The fourth-order valence-electron chi connectivity index (χ4n) is 0.368. The van der Waals surface area contributed by atoms with Gasteiger partial charge in [-0.25, -0.2) is 0 Å². The Morgan fingerprint density at radius 1 is 1.50 bits per heavy atom. The maximum Gasteiger partial charge on any atom is 0.184 e. The molecule has 10 heavy (non-hydrogen) atoms. The highest BCUT2D eigenvalue weighted by atomic mass is 28.2. The van der Waals surface area contributed by atoms with Gasteiger partial charge in [-0.3, -0.25) is 0 Å². The van der Waals surface area contributed by atoms with E-state index in [-0.39, 0.29) is 9.76 Å². The van der Waals surface area contributed by atoms with Crippen LogP contribution in [-0.4, -0.2) is 30.0 Å². The Hall–Kier alpha value is -0.123. The van der Waals surface area contributed by atoms with Gasteiger partial charge in [-0.05, 0) is 13.1 Å². The standard InChI is InChI=1S/C4H11N.C3H8OSi/c2*1-3-5-4-2/h5H,3-4H2,1-2H3;3H,1,5H2,2H3. The lowest BCUT2D eigenvalue weighted by molar-refractivity contribution is 0.449. The van der Waals surface area contributed by atoms with Gasteiger partial charge in [0.25, 0.3) is 0 Å². The van der Waals surface area contributed by atoms with Crippen LogP contribution in [0.2, 0.25) is 0 Å². The molecule has 0 aliphatic heterocycles. The molecule has 3 heteroatoms. The molecular formula is C7H19NOSi. The number of nitrogens with one attached hydrogen (secondary N) is 1. The zero-order valence-electron chi connectivity index (χ0n) is 7.31. The van der Waals surface area contributed by atoms with Crippen molar-refractivity contribution >= 4 is 9.76 Å². The second-order valence-corrected chi connectivity index (χ2v) is 3.19. The second-order valence-electron chi connectivity index (χ2n) is 1.70. The van der Waals surface area contributed by atoms with E-state index in [1.165, 1.54) is 0 Å². The van der Waals surface area contributed by atoms with Crippen molar-refractivity contribution in [3.63, 3.8) is 0 Å². The Kier molecular flexibility index (Phi) is 20.0. The third-order valence-electron chi connectivity index (χ3n) is 0.785. The highest BCUT2D eigenvalue weighted by Gasteiger charge is 1.62. The normalized spacial score (nSPS) is 9.10. The molecule has 0 fully saturated rings. The van der Waals surface area contributed by atoms with Crippen molar-refractivity contribution in [2.45, 2.75) is 13.8 Å². The van der Waals surface area contributed by atoms with Crippen LogP contribution >= 0.6 is 0 Å². The molecular weight excluding hydrogens is 142 g/mol. The topological polar surface area (TPSA) is 21.3 Å². The molecule has 0 aliphatic rings. The van der Waals surface area contributed by atoms with Gasteiger partial charge in [0, 0.05) is 7.11 Å². The molecule has 0 saturated carbocycles. The summed E-state index contributed by atoms with van der Waals surface area (Å²) >= 11 is 0. The molecule has 0 bridgehead atoms. The first kappa shape index (κ1) is 12.5. The summed E-state index contributed by atoms with van der Waals surface area (Å²) in [5.41, 5.74) is 1.85. The van der Waals surface area contributed by atoms with Crippen LogP contribution in [0.4, 0.5) is 0 Å². The number of rotatable bonds is 4. The van der Waals surface area contributed by atoms with Gasteiger partial charge in [-0.2, -0.15) is 0 Å². The maximum absolute atomic E-state index is 4.71. The van der Waals surface area contributed by atoms with Crippen LogP contribution in [0.3, 0.4) is 0 Å². The molecule has 1 N–H and O–H groups in total. The summed E-state index contributed by atoms with van der Waals surface area (Å²) in [5, 5.41) is 3.11. The summed E-state index contributed by atoms with van der Waals surface area (Å²) in [6, 6.07) is 0. The predicted molar refractivity (Wildman–Crippen MR) is 50.0 cm³/mol. The molecule has 62 valence electrons. The Morgan fingerprint density at radius 2 is 2.00 bits per heavy atom. The van der Waals surface area contributed by atoms with E-state index in [0.717, 1.165) is 13.1 Å². The summed E-state index contributed by atoms with van der Waals surface area (Å²) in [7, 11) is 1.40. The quantitative estimate of drug-likeness (QED) is 0.605. The summed E-state index contributed by atoms with van der Waals surface area (Å²) in [5.74, 6) is 0. The van der Waals surface area contributed by atoms with Crippen molar-refractivity contribution in [3.05, 3.63) is 12.3 Å². The van der Waals surface area contributed by atoms with Crippen molar-refractivity contribution in [3.8, 4) is 0 Å². The molecule has 0 saturated heterocycles. The van der Waals surface area contributed by atoms with E-state index >= 15 is 0 Å². The van der Waals surface area contributed by atoms with Crippen LogP contribution < -0.4 is 5.32 Å². The van der Waals surface area contributed by atoms with Gasteiger partial charge >= 0.3 is 0 Å². The molecule has 0 atom stereocenters. The van der Waals surface area contributed by atoms with Crippen molar-refractivity contribution in [1.29, 1.82) is 0 Å². The fraction of sp³-hybridized carbons (Fsp3) is 0.714. The first-order valence-electron chi connectivity index (χ1n) is 3.63. The van der Waals surface area contributed by atoms with Gasteiger partial charge in [0.1, 0.15) is 0 Å². The first-order valence-corrected chi connectivity index (χ1v) is 5.03. The van der Waals surface area contributed by atoms with Gasteiger partial charge in [0.15, 0.2) is 9.76 Å². The molecule has 0 aromatic heterocycles. The largest absolute Gasteiger partial charge is 0.422 e. The number of hydrogen-bond acceptors (Lipinski definition) is 2. The Balaban J connectivity index is 0. The second kappa shape index (κ2) is 15.9. The van der Waals surface area contributed by atoms with E-state index in [1.54, 1.807) is 7.11 Å². The SMILES string of the molecule is C=C[SiH2]OC.CCNCC. The van der Waals surface area contributed by atoms with Crippen molar-refractivity contribution in [2.24, 2.45) is 0 Å². The van der Waals surface area contributed by atoms with E-state index < -0.39 is 0 Å². The highest BCUT2D eigenvalue weighted by molar-refractivity contribution is 6.33. The third kappa shape index (κ3) is 24.8. The molecule has 0 aromatic rings. The van der Waals surface area contributed by atoms with Gasteiger partial charge in [-0.15, -0.1) is 6.58 Å². The summed E-state index contributed by atoms with van der Waals surface area (Å²) in [6.07, 6.45) is 0. The summed E-state index contributed by atoms with van der Waals surface area (Å²) in [4.78, 5) is 0. The average Bonchev–Trinajstić information content (AvgIpc) is 1.93. The van der Waals surface area contributed by atoms with Gasteiger partial charge in [0.05, 0.1) is 0 Å². The molecule has 0 rings (SSSR count). The summed E-state index contributed by atoms with van der Waals surface area (Å²) < 4.78 is 4.71. The minimum atomic E-state index is -0.304. The van der Waals surface area contributed by atoms with Gasteiger partial charge < -0.3 is 9.74 Å². The minimum Gasteiger partial charge on any atom is -0.422 e. The van der Waals surface area contributed by atoms with Crippen LogP contribution in [0.5, 0.6) is 0 Å². The molecule has 0 radical (unpaired) electrons. The molecule has 0 aromatic carbocycles. The van der Waals surface area contributed by atoms with Crippen molar-refractivity contribution in [1.82, 2.24) is 5.32 Å². The molecule has 0 aliphatic carbocycles. The zero-order valence-corrected chi connectivity index (χ0v) is 8.73. The molecule has 0 heterocycles. The van der Waals surface area contributed by atoms with Gasteiger partial charge in [0.2, 0.25) is 0 Å². The number of hydrogen-bond donors (Lipinski definition) is 1. The Bertz CT molecular complexity index is 57.6. The Morgan fingerprint density at radius 3 is 2.00 bits per heavy atom. The lowest BCUT2D eigenvalue weighted by Crippen LogP contribution is -2.09. The predicted octanol–water partition coefficient (Wildman–Crippen LogP) is 0.476. The van der Waals surface area contributed by atoms with E-state index in [9.17, 15) is 0 Å². The van der Waals surface area contributed by atoms with Crippen molar-refractivity contribution in [2.75, 3.05) is 20.2 Å². The van der Waals surface area contributed by atoms with Crippen LogP contribution in [0.1, 0.15) is 13.8 Å². The zero-order chi connectivity index (χ0) is 8.24. The summed E-state index contributed by atoms with van der Waals surface area (Å²) in [6.45, 7) is 9.88. The maximum atomic E-state index is 4.71. The highest BCUT2D eigenvalue weighted by Crippen LogP contribution is 1.55. The van der Waals surface area contributed by atoms with E-state index in [2.05, 4.69) is 25.7 Å². The first-order chi connectivity index (χ1) is 4.83.